The molecule has 0 radical (unpaired) electrons. The van der Waals surface area contributed by atoms with Crippen molar-refractivity contribution in [1.29, 1.82) is 0 Å². The molecule has 206 valence electrons. The lowest BCUT2D eigenvalue weighted by Crippen LogP contribution is -2.07. The van der Waals surface area contributed by atoms with Crippen LogP contribution in [0.3, 0.4) is 0 Å². The average molecular weight is 533 g/mol. The molecule has 0 aromatic heterocycles. The van der Waals surface area contributed by atoms with Crippen LogP contribution in [-0.4, -0.2) is 17.3 Å². The van der Waals surface area contributed by atoms with Gasteiger partial charge in [0.15, 0.2) is 0 Å². The highest BCUT2D eigenvalue weighted by molar-refractivity contribution is 5.82. The van der Waals surface area contributed by atoms with Crippen molar-refractivity contribution < 1.29 is 14.4 Å². The summed E-state index contributed by atoms with van der Waals surface area (Å²) in [7, 11) is 0. The van der Waals surface area contributed by atoms with Gasteiger partial charge in [0.05, 0.1) is 0 Å². The van der Waals surface area contributed by atoms with Crippen LogP contribution in [0.15, 0.2) is 84.5 Å². The Balaban J connectivity index is 1.69. The van der Waals surface area contributed by atoms with Gasteiger partial charge in [0.1, 0.15) is 17.3 Å². The summed E-state index contributed by atoms with van der Waals surface area (Å²) >= 11 is 0. The number of aryl methyl sites for hydroxylation is 2. The van der Waals surface area contributed by atoms with Gasteiger partial charge >= 0.3 is 0 Å². The van der Waals surface area contributed by atoms with Crippen LogP contribution in [0.5, 0.6) is 0 Å². The molecule has 40 heavy (non-hydrogen) atoms. The zero-order valence-corrected chi connectivity index (χ0v) is 24.3. The molecule has 0 spiro atoms. The monoisotopic (exact) mass is 532 g/mol. The second-order valence-electron chi connectivity index (χ2n) is 11.3. The molecule has 0 aliphatic heterocycles. The Hall–Kier alpha value is -3.85. The van der Waals surface area contributed by atoms with Crippen molar-refractivity contribution in [2.75, 3.05) is 0 Å². The lowest BCUT2D eigenvalue weighted by molar-refractivity contribution is -0.117. The fourth-order valence-corrected chi connectivity index (χ4v) is 5.28. The van der Waals surface area contributed by atoms with E-state index in [4.69, 9.17) is 0 Å². The number of carbonyl (C=O) groups excluding carboxylic acids is 3. The SMILES string of the molecule is CC(=O)CCC1=CC=C(c2cc(-c3ccc(CCC(C)=O)cc3)cc(-c3ccc(CCC(C)=O)cc3)c2)CC1C. The number of ketones is 3. The molecule has 1 aliphatic rings. The van der Waals surface area contributed by atoms with Crippen molar-refractivity contribution in [2.24, 2.45) is 5.92 Å². The van der Waals surface area contributed by atoms with E-state index in [1.54, 1.807) is 20.8 Å². The van der Waals surface area contributed by atoms with E-state index in [2.05, 4.69) is 85.8 Å². The van der Waals surface area contributed by atoms with Gasteiger partial charge in [-0.25, -0.2) is 0 Å². The summed E-state index contributed by atoms with van der Waals surface area (Å²) in [5, 5.41) is 0. The molecule has 0 amide bonds. The van der Waals surface area contributed by atoms with Crippen molar-refractivity contribution in [2.45, 2.75) is 72.6 Å². The Bertz CT molecular complexity index is 1360. The summed E-state index contributed by atoms with van der Waals surface area (Å²) in [6.07, 6.45) is 9.48. The topological polar surface area (TPSA) is 51.2 Å². The van der Waals surface area contributed by atoms with E-state index < -0.39 is 0 Å². The second-order valence-corrected chi connectivity index (χ2v) is 11.3. The van der Waals surface area contributed by atoms with E-state index in [1.807, 2.05) is 0 Å². The fourth-order valence-electron chi connectivity index (χ4n) is 5.28. The van der Waals surface area contributed by atoms with E-state index in [0.717, 1.165) is 47.9 Å². The van der Waals surface area contributed by atoms with Crippen molar-refractivity contribution in [3.8, 4) is 22.3 Å². The van der Waals surface area contributed by atoms with E-state index in [9.17, 15) is 14.4 Å². The minimum absolute atomic E-state index is 0.210. The number of benzene rings is 3. The van der Waals surface area contributed by atoms with Crippen LogP contribution in [0.25, 0.3) is 27.8 Å². The van der Waals surface area contributed by atoms with Crippen LogP contribution < -0.4 is 0 Å². The van der Waals surface area contributed by atoms with Crippen molar-refractivity contribution in [1.82, 2.24) is 0 Å². The first-order chi connectivity index (χ1) is 19.2. The van der Waals surface area contributed by atoms with Gasteiger partial charge in [-0.1, -0.05) is 73.2 Å². The number of allylic oxidation sites excluding steroid dienone is 4. The number of hydrogen-bond acceptors (Lipinski definition) is 3. The Morgan fingerprint density at radius 2 is 1.00 bits per heavy atom. The van der Waals surface area contributed by atoms with E-state index in [1.165, 1.54) is 27.8 Å². The van der Waals surface area contributed by atoms with Crippen LogP contribution in [0.2, 0.25) is 0 Å². The molecular formula is C37H40O3. The van der Waals surface area contributed by atoms with Crippen LogP contribution in [0.4, 0.5) is 0 Å². The Morgan fingerprint density at radius 3 is 1.43 bits per heavy atom. The maximum Gasteiger partial charge on any atom is 0.130 e. The molecule has 3 aromatic carbocycles. The van der Waals surface area contributed by atoms with Gasteiger partial charge in [-0.2, -0.15) is 0 Å². The summed E-state index contributed by atoms with van der Waals surface area (Å²) in [6, 6.07) is 23.9. The zero-order valence-electron chi connectivity index (χ0n) is 24.3. The molecule has 0 saturated carbocycles. The molecule has 3 nitrogen and oxygen atoms in total. The third-order valence-electron chi connectivity index (χ3n) is 7.83. The summed E-state index contributed by atoms with van der Waals surface area (Å²) in [4.78, 5) is 34.4. The number of hydrogen-bond donors (Lipinski definition) is 0. The van der Waals surface area contributed by atoms with Crippen LogP contribution in [0, 0.1) is 5.92 Å². The largest absolute Gasteiger partial charge is 0.300 e. The molecule has 3 aromatic rings. The fraction of sp³-hybridized carbons (Fsp3) is 0.324. The highest BCUT2D eigenvalue weighted by atomic mass is 16.1. The van der Waals surface area contributed by atoms with Crippen LogP contribution >= 0.6 is 0 Å². The number of Topliss-reactive ketones (excluding diaryl/α,β-unsaturated/α-hetero) is 3. The molecule has 4 rings (SSSR count). The highest BCUT2D eigenvalue weighted by Crippen LogP contribution is 2.37. The van der Waals surface area contributed by atoms with Crippen LogP contribution in [-0.2, 0) is 27.2 Å². The maximum absolute atomic E-state index is 11.5. The molecule has 1 atom stereocenters. The first-order valence-electron chi connectivity index (χ1n) is 14.4. The van der Waals surface area contributed by atoms with Crippen molar-refractivity contribution in [3.63, 3.8) is 0 Å². The van der Waals surface area contributed by atoms with Gasteiger partial charge in [-0.3, -0.25) is 0 Å². The highest BCUT2D eigenvalue weighted by Gasteiger charge is 2.18. The predicted molar refractivity (Wildman–Crippen MR) is 165 cm³/mol. The normalized spacial score (nSPS) is 14.8. The summed E-state index contributed by atoms with van der Waals surface area (Å²) in [6.45, 7) is 7.19. The first kappa shape index (κ1) is 29.1. The molecule has 0 heterocycles. The average Bonchev–Trinajstić information content (AvgIpc) is 2.94. The quantitative estimate of drug-likeness (QED) is 0.234. The minimum atomic E-state index is 0.210. The second kappa shape index (κ2) is 13.5. The van der Waals surface area contributed by atoms with E-state index in [-0.39, 0.29) is 17.3 Å². The summed E-state index contributed by atoms with van der Waals surface area (Å²) < 4.78 is 0. The molecule has 1 unspecified atom stereocenters. The lowest BCUT2D eigenvalue weighted by Gasteiger charge is -2.23. The third-order valence-corrected chi connectivity index (χ3v) is 7.83. The van der Waals surface area contributed by atoms with Gasteiger partial charge in [0.2, 0.25) is 0 Å². The van der Waals surface area contributed by atoms with E-state index >= 15 is 0 Å². The molecule has 3 heteroatoms. The predicted octanol–water partition coefficient (Wildman–Crippen LogP) is 8.78. The molecule has 0 saturated heterocycles. The van der Waals surface area contributed by atoms with Gasteiger partial charge in [0, 0.05) is 19.3 Å². The third kappa shape index (κ3) is 8.08. The Morgan fingerprint density at radius 1 is 0.575 bits per heavy atom. The lowest BCUT2D eigenvalue weighted by atomic mass is 9.82. The van der Waals surface area contributed by atoms with Crippen molar-refractivity contribution >= 4 is 22.9 Å². The summed E-state index contributed by atoms with van der Waals surface area (Å²) in [5.74, 6) is 1.05. The standard InChI is InChI=1S/C37H40O3/c1-25-21-34(20-19-31(25)14-7-28(4)40)37-23-35(32-15-10-29(11-16-32)8-5-26(2)38)22-36(24-37)33-17-12-30(13-18-33)9-6-27(3)39/h10-13,15-20,22-25H,5-9,14,21H2,1-4H3. The Kier molecular flexibility index (Phi) is 9.82. The molecule has 0 bridgehead atoms. The van der Waals surface area contributed by atoms with Crippen molar-refractivity contribution in [3.05, 3.63) is 101 Å². The summed E-state index contributed by atoms with van der Waals surface area (Å²) in [5.41, 5.74) is 10.8. The van der Waals surface area contributed by atoms with Gasteiger partial charge in [-0.05, 0) is 115 Å². The molecule has 0 N–H and O–H groups in total. The van der Waals surface area contributed by atoms with Gasteiger partial charge in [0.25, 0.3) is 0 Å². The smallest absolute Gasteiger partial charge is 0.130 e. The number of carbonyl (C=O) groups is 3. The van der Waals surface area contributed by atoms with Crippen LogP contribution in [0.1, 0.15) is 76.5 Å². The number of rotatable bonds is 12. The van der Waals surface area contributed by atoms with E-state index in [0.29, 0.717) is 25.2 Å². The first-order valence-corrected chi connectivity index (χ1v) is 14.4. The van der Waals surface area contributed by atoms with Gasteiger partial charge in [-0.15, -0.1) is 0 Å². The molecule has 1 aliphatic carbocycles. The molecular weight excluding hydrogens is 492 g/mol. The zero-order chi connectivity index (χ0) is 28.6. The molecule has 0 fully saturated rings. The minimum Gasteiger partial charge on any atom is -0.300 e. The van der Waals surface area contributed by atoms with Gasteiger partial charge < -0.3 is 14.4 Å². The Labute approximate surface area is 239 Å². The maximum atomic E-state index is 11.5.